The Bertz CT molecular complexity index is 303. The van der Waals surface area contributed by atoms with Crippen LogP contribution in [0.2, 0.25) is 0 Å². The van der Waals surface area contributed by atoms with Gasteiger partial charge < -0.3 is 10.2 Å². The third-order valence-electron chi connectivity index (χ3n) is 3.03. The number of nitrogens with one attached hydrogen (secondary N) is 1. The third-order valence-corrected chi connectivity index (χ3v) is 3.03. The molecule has 2 rings (SSSR count). The molecule has 0 amide bonds. The van der Waals surface area contributed by atoms with Gasteiger partial charge in [0.1, 0.15) is 5.82 Å². The van der Waals surface area contributed by atoms with Crippen molar-refractivity contribution in [3.05, 3.63) is 18.2 Å². The van der Waals surface area contributed by atoms with E-state index in [1.54, 1.807) is 0 Å². The van der Waals surface area contributed by atoms with Crippen LogP contribution in [0.1, 0.15) is 18.7 Å². The summed E-state index contributed by atoms with van der Waals surface area (Å²) in [6, 6.07) is 0.623. The Labute approximate surface area is 90.7 Å². The van der Waals surface area contributed by atoms with Crippen LogP contribution in [0.25, 0.3) is 0 Å². The number of aryl methyl sites for hydroxylation is 1. The molecule has 0 aliphatic carbocycles. The Morgan fingerprint density at radius 3 is 2.47 bits per heavy atom. The van der Waals surface area contributed by atoms with Gasteiger partial charge in [0, 0.05) is 13.1 Å². The first-order valence-electron chi connectivity index (χ1n) is 5.49. The van der Waals surface area contributed by atoms with Crippen LogP contribution in [0.4, 0.5) is 5.69 Å². The monoisotopic (exact) mass is 206 g/mol. The molecular formula is C11H18N4. The molecule has 0 unspecified atom stereocenters. The molecule has 15 heavy (non-hydrogen) atoms. The maximum Gasteiger partial charge on any atom is 0.125 e. The molecule has 2 heterocycles. The first-order chi connectivity index (χ1) is 7.27. The van der Waals surface area contributed by atoms with Crippen molar-refractivity contribution in [1.82, 2.24) is 15.3 Å². The van der Waals surface area contributed by atoms with Gasteiger partial charge in [0.15, 0.2) is 0 Å². The predicted molar refractivity (Wildman–Crippen MR) is 61.1 cm³/mol. The molecule has 0 spiro atoms. The largest absolute Gasteiger partial charge is 0.369 e. The average molecular weight is 206 g/mol. The fraction of sp³-hybridized carbons (Fsp3) is 0.636. The van der Waals surface area contributed by atoms with Gasteiger partial charge in [-0.05, 0) is 32.9 Å². The number of aromatic nitrogens is 2. The van der Waals surface area contributed by atoms with Crippen molar-refractivity contribution >= 4 is 5.69 Å². The topological polar surface area (TPSA) is 41.1 Å². The normalized spacial score (nSPS) is 17.7. The standard InChI is InChI=1S/C11H18N4/c1-9-13-7-11(8-14-9)15(2)10-3-5-12-6-4-10/h7-8,10,12H,3-6H2,1-2H3. The summed E-state index contributed by atoms with van der Waals surface area (Å²) >= 11 is 0. The maximum absolute atomic E-state index is 4.23. The highest BCUT2D eigenvalue weighted by Crippen LogP contribution is 2.17. The molecule has 0 bridgehead atoms. The Morgan fingerprint density at radius 1 is 1.27 bits per heavy atom. The van der Waals surface area contributed by atoms with Crippen LogP contribution in [0.5, 0.6) is 0 Å². The highest BCUT2D eigenvalue weighted by Gasteiger charge is 2.18. The molecule has 1 N–H and O–H groups in total. The number of hydrogen-bond acceptors (Lipinski definition) is 4. The molecule has 0 atom stereocenters. The molecule has 4 nitrogen and oxygen atoms in total. The van der Waals surface area contributed by atoms with E-state index in [-0.39, 0.29) is 0 Å². The zero-order chi connectivity index (χ0) is 10.7. The zero-order valence-corrected chi connectivity index (χ0v) is 9.40. The number of piperidine rings is 1. The maximum atomic E-state index is 4.23. The Hall–Kier alpha value is -1.16. The van der Waals surface area contributed by atoms with Crippen LogP contribution in [0, 0.1) is 6.92 Å². The van der Waals surface area contributed by atoms with Gasteiger partial charge >= 0.3 is 0 Å². The van der Waals surface area contributed by atoms with E-state index in [0.717, 1.165) is 24.6 Å². The van der Waals surface area contributed by atoms with Gasteiger partial charge in [0.05, 0.1) is 18.1 Å². The summed E-state index contributed by atoms with van der Waals surface area (Å²) in [7, 11) is 2.13. The van der Waals surface area contributed by atoms with Crippen molar-refractivity contribution < 1.29 is 0 Å². The second-order valence-corrected chi connectivity index (χ2v) is 4.08. The number of nitrogens with zero attached hydrogens (tertiary/aromatic N) is 3. The minimum absolute atomic E-state index is 0.623. The van der Waals surface area contributed by atoms with E-state index in [0.29, 0.717) is 6.04 Å². The summed E-state index contributed by atoms with van der Waals surface area (Å²) in [4.78, 5) is 10.7. The lowest BCUT2D eigenvalue weighted by Crippen LogP contribution is -2.41. The van der Waals surface area contributed by atoms with E-state index < -0.39 is 0 Å². The number of rotatable bonds is 2. The van der Waals surface area contributed by atoms with Crippen molar-refractivity contribution in [2.45, 2.75) is 25.8 Å². The van der Waals surface area contributed by atoms with E-state index >= 15 is 0 Å². The highest BCUT2D eigenvalue weighted by atomic mass is 15.2. The van der Waals surface area contributed by atoms with Gasteiger partial charge in [-0.15, -0.1) is 0 Å². The van der Waals surface area contributed by atoms with Gasteiger partial charge in [-0.25, -0.2) is 9.97 Å². The lowest BCUT2D eigenvalue weighted by molar-refractivity contribution is 0.443. The highest BCUT2D eigenvalue weighted by molar-refractivity contribution is 5.42. The molecule has 0 saturated carbocycles. The third kappa shape index (κ3) is 2.45. The summed E-state index contributed by atoms with van der Waals surface area (Å²) in [5.74, 6) is 0.831. The molecule has 0 radical (unpaired) electrons. The minimum atomic E-state index is 0.623. The second kappa shape index (κ2) is 4.57. The molecule has 1 aromatic rings. The van der Waals surface area contributed by atoms with Gasteiger partial charge in [-0.3, -0.25) is 0 Å². The Kier molecular flexibility index (Phi) is 3.16. The summed E-state index contributed by atoms with van der Waals surface area (Å²) in [6.07, 6.45) is 6.21. The fourth-order valence-electron chi connectivity index (χ4n) is 1.97. The predicted octanol–water partition coefficient (Wildman–Crippen LogP) is 0.973. The van der Waals surface area contributed by atoms with Gasteiger partial charge in [-0.2, -0.15) is 0 Å². The lowest BCUT2D eigenvalue weighted by atomic mass is 10.1. The quantitative estimate of drug-likeness (QED) is 0.783. The Morgan fingerprint density at radius 2 is 1.87 bits per heavy atom. The van der Waals surface area contributed by atoms with Crippen molar-refractivity contribution in [2.75, 3.05) is 25.0 Å². The van der Waals surface area contributed by atoms with E-state index in [1.165, 1.54) is 12.8 Å². The molecule has 1 aromatic heterocycles. The fourth-order valence-corrected chi connectivity index (χ4v) is 1.97. The molecule has 1 saturated heterocycles. The summed E-state index contributed by atoms with van der Waals surface area (Å²) in [6.45, 7) is 4.14. The lowest BCUT2D eigenvalue weighted by Gasteiger charge is -2.32. The Balaban J connectivity index is 2.05. The van der Waals surface area contributed by atoms with Gasteiger partial charge in [-0.1, -0.05) is 0 Å². The summed E-state index contributed by atoms with van der Waals surface area (Å²) in [5.41, 5.74) is 1.12. The van der Waals surface area contributed by atoms with E-state index in [2.05, 4.69) is 27.2 Å². The molecule has 4 heteroatoms. The van der Waals surface area contributed by atoms with Crippen LogP contribution in [0.15, 0.2) is 12.4 Å². The number of hydrogen-bond donors (Lipinski definition) is 1. The summed E-state index contributed by atoms with van der Waals surface area (Å²) < 4.78 is 0. The number of anilines is 1. The van der Waals surface area contributed by atoms with Gasteiger partial charge in [0.2, 0.25) is 0 Å². The molecule has 0 aromatic carbocycles. The molecular weight excluding hydrogens is 188 g/mol. The summed E-state index contributed by atoms with van der Waals surface area (Å²) in [5, 5.41) is 3.37. The minimum Gasteiger partial charge on any atom is -0.369 e. The van der Waals surface area contributed by atoms with Crippen molar-refractivity contribution in [3.8, 4) is 0 Å². The average Bonchev–Trinajstić information content (AvgIpc) is 2.30. The van der Waals surface area contributed by atoms with Crippen molar-refractivity contribution in [2.24, 2.45) is 0 Å². The molecule has 1 aliphatic heterocycles. The van der Waals surface area contributed by atoms with E-state index in [9.17, 15) is 0 Å². The van der Waals surface area contributed by atoms with Gasteiger partial charge in [0.25, 0.3) is 0 Å². The smallest absolute Gasteiger partial charge is 0.125 e. The first kappa shape index (κ1) is 10.4. The van der Waals surface area contributed by atoms with Crippen LogP contribution in [-0.4, -0.2) is 36.1 Å². The SMILES string of the molecule is Cc1ncc(N(C)C2CCNCC2)cn1. The van der Waals surface area contributed by atoms with Crippen molar-refractivity contribution in [3.63, 3.8) is 0 Å². The zero-order valence-electron chi connectivity index (χ0n) is 9.40. The first-order valence-corrected chi connectivity index (χ1v) is 5.49. The van der Waals surface area contributed by atoms with Crippen LogP contribution < -0.4 is 10.2 Å². The van der Waals surface area contributed by atoms with E-state index in [1.807, 2.05) is 19.3 Å². The van der Waals surface area contributed by atoms with E-state index in [4.69, 9.17) is 0 Å². The molecule has 1 fully saturated rings. The second-order valence-electron chi connectivity index (χ2n) is 4.08. The molecule has 82 valence electrons. The van der Waals surface area contributed by atoms with Crippen LogP contribution in [-0.2, 0) is 0 Å². The van der Waals surface area contributed by atoms with Crippen LogP contribution in [0.3, 0.4) is 0 Å². The van der Waals surface area contributed by atoms with Crippen molar-refractivity contribution in [1.29, 1.82) is 0 Å². The molecule has 1 aliphatic rings. The van der Waals surface area contributed by atoms with Crippen LogP contribution >= 0.6 is 0 Å².